The molecule has 10 heteroatoms. The Morgan fingerprint density at radius 3 is 2.67 bits per heavy atom. The molecule has 1 amide bonds. The molecular weight excluding hydrogens is 404 g/mol. The second kappa shape index (κ2) is 8.78. The molecule has 1 aromatic heterocycles. The lowest BCUT2D eigenvalue weighted by molar-refractivity contribution is -0.122. The lowest BCUT2D eigenvalue weighted by Gasteiger charge is -2.32. The first-order valence-corrected chi connectivity index (χ1v) is 11.5. The molecule has 30 heavy (non-hydrogen) atoms. The molecule has 2 aliphatic heterocycles. The van der Waals surface area contributed by atoms with E-state index in [1.807, 2.05) is 0 Å². The van der Waals surface area contributed by atoms with Gasteiger partial charge in [-0.3, -0.25) is 14.5 Å². The van der Waals surface area contributed by atoms with Crippen LogP contribution in [0.5, 0.6) is 0 Å². The fourth-order valence-electron chi connectivity index (χ4n) is 3.66. The number of anilines is 1. The fraction of sp³-hybridized carbons (Fsp3) is 0.400. The maximum Gasteiger partial charge on any atom is 0.263 e. The van der Waals surface area contributed by atoms with Crippen molar-refractivity contribution in [1.29, 1.82) is 0 Å². The van der Waals surface area contributed by atoms with Crippen molar-refractivity contribution in [3.8, 4) is 0 Å². The molecule has 2 aliphatic rings. The predicted octanol–water partition coefficient (Wildman–Crippen LogP) is 1.08. The van der Waals surface area contributed by atoms with Gasteiger partial charge in [0.2, 0.25) is 11.9 Å². The highest BCUT2D eigenvalue weighted by Gasteiger charge is 2.30. The molecule has 1 fully saturated rings. The number of hydrogen-bond acceptors (Lipinski definition) is 7. The zero-order chi connectivity index (χ0) is 21.0. The van der Waals surface area contributed by atoms with Crippen LogP contribution in [-0.2, 0) is 14.8 Å². The van der Waals surface area contributed by atoms with Crippen LogP contribution in [0.25, 0.3) is 0 Å². The van der Waals surface area contributed by atoms with Crippen LogP contribution in [-0.4, -0.2) is 55.8 Å². The average molecular weight is 429 g/mol. The Balaban J connectivity index is 1.21. The summed E-state index contributed by atoms with van der Waals surface area (Å²) in [4.78, 5) is 27.5. The Morgan fingerprint density at radius 1 is 1.17 bits per heavy atom. The van der Waals surface area contributed by atoms with E-state index < -0.39 is 10.0 Å². The molecule has 2 aromatic rings. The molecule has 0 radical (unpaired) electrons. The van der Waals surface area contributed by atoms with Crippen LogP contribution < -0.4 is 14.9 Å². The molecule has 0 aliphatic carbocycles. The molecule has 4 rings (SSSR count). The van der Waals surface area contributed by atoms with E-state index in [0.717, 1.165) is 31.9 Å². The van der Waals surface area contributed by atoms with Gasteiger partial charge in [0, 0.05) is 50.1 Å². The zero-order valence-corrected chi connectivity index (χ0v) is 17.3. The second-order valence-electron chi connectivity index (χ2n) is 7.31. The average Bonchev–Trinajstić information content (AvgIpc) is 3.03. The maximum atomic E-state index is 12.3. The number of fused-ring (bicyclic) bond motifs is 1. The number of hydrogen-bond donors (Lipinski definition) is 2. The van der Waals surface area contributed by atoms with E-state index in [9.17, 15) is 13.2 Å². The topological polar surface area (TPSA) is 117 Å². The van der Waals surface area contributed by atoms with Crippen molar-refractivity contribution < 1.29 is 13.2 Å². The highest BCUT2D eigenvalue weighted by atomic mass is 32.2. The van der Waals surface area contributed by atoms with Crippen LogP contribution in [0.2, 0.25) is 0 Å². The molecule has 0 unspecified atom stereocenters. The minimum absolute atomic E-state index is 0.00276. The first-order valence-electron chi connectivity index (χ1n) is 10.0. The summed E-state index contributed by atoms with van der Waals surface area (Å²) < 4.78 is 26.6. The molecular formula is C20H24N6O3S. The summed E-state index contributed by atoms with van der Waals surface area (Å²) in [5.74, 6) is 1.07. The Kier molecular flexibility index (Phi) is 5.93. The van der Waals surface area contributed by atoms with Gasteiger partial charge in [-0.1, -0.05) is 12.1 Å². The van der Waals surface area contributed by atoms with E-state index >= 15 is 0 Å². The Labute approximate surface area is 175 Å². The van der Waals surface area contributed by atoms with Crippen molar-refractivity contribution in [2.45, 2.75) is 36.6 Å². The number of amides is 1. The van der Waals surface area contributed by atoms with Crippen LogP contribution in [0.1, 0.15) is 31.2 Å². The van der Waals surface area contributed by atoms with E-state index in [4.69, 9.17) is 0 Å². The number of aromatic nitrogens is 2. The molecule has 9 nitrogen and oxygen atoms in total. The number of piperidine rings is 1. The normalized spacial score (nSPS) is 19.3. The van der Waals surface area contributed by atoms with E-state index in [1.54, 1.807) is 42.7 Å². The predicted molar refractivity (Wildman–Crippen MR) is 113 cm³/mol. The Bertz CT molecular complexity index is 1030. The molecule has 0 spiro atoms. The van der Waals surface area contributed by atoms with Crippen molar-refractivity contribution >= 4 is 27.7 Å². The van der Waals surface area contributed by atoms with E-state index in [-0.39, 0.29) is 16.8 Å². The van der Waals surface area contributed by atoms with E-state index in [0.29, 0.717) is 30.8 Å². The number of carbonyl (C=O) groups excluding carboxylic acids is 1. The SMILES string of the molecule is O=C(CCCN=C1NS(=O)(=O)c2ccccc21)NC1CCN(c2ncccn2)CC1. The van der Waals surface area contributed by atoms with Gasteiger partial charge in [-0.15, -0.1) is 0 Å². The van der Waals surface area contributed by atoms with E-state index in [1.165, 1.54) is 0 Å². The quantitative estimate of drug-likeness (QED) is 0.665. The third kappa shape index (κ3) is 4.59. The van der Waals surface area contributed by atoms with E-state index in [2.05, 4.69) is 29.9 Å². The molecule has 0 saturated carbocycles. The minimum atomic E-state index is -3.53. The van der Waals surface area contributed by atoms with Crippen LogP contribution in [0.15, 0.2) is 52.6 Å². The van der Waals surface area contributed by atoms with Gasteiger partial charge in [0.25, 0.3) is 10.0 Å². The summed E-state index contributed by atoms with van der Waals surface area (Å²) in [6, 6.07) is 8.69. The van der Waals surface area contributed by atoms with Crippen LogP contribution in [0.4, 0.5) is 5.95 Å². The number of sulfonamides is 1. The summed E-state index contributed by atoms with van der Waals surface area (Å²) in [5.41, 5.74) is 0.580. The summed E-state index contributed by atoms with van der Waals surface area (Å²) in [6.45, 7) is 1.99. The van der Waals surface area contributed by atoms with Crippen molar-refractivity contribution in [3.05, 3.63) is 48.3 Å². The van der Waals surface area contributed by atoms with Crippen LogP contribution in [0.3, 0.4) is 0 Å². The summed E-state index contributed by atoms with van der Waals surface area (Å²) >= 11 is 0. The second-order valence-corrected chi connectivity index (χ2v) is 8.96. The van der Waals surface area contributed by atoms with Gasteiger partial charge in [0.15, 0.2) is 0 Å². The van der Waals surface area contributed by atoms with Crippen molar-refractivity contribution in [2.24, 2.45) is 4.99 Å². The molecule has 1 aromatic carbocycles. The van der Waals surface area contributed by atoms with Gasteiger partial charge in [-0.2, -0.15) is 0 Å². The number of aliphatic imine (C=N–C) groups is 1. The number of carbonyl (C=O) groups is 1. The standard InChI is InChI=1S/C20H24N6O3S/c27-18(24-15-8-13-26(14-9-15)20-22-11-4-12-23-20)7-3-10-21-19-16-5-1-2-6-17(16)30(28,29)25-19/h1-2,4-6,11-12,15H,3,7-10,13-14H2,(H,21,25)(H,24,27). The minimum Gasteiger partial charge on any atom is -0.353 e. The highest BCUT2D eigenvalue weighted by molar-refractivity contribution is 7.90. The van der Waals surface area contributed by atoms with Gasteiger partial charge >= 0.3 is 0 Å². The summed E-state index contributed by atoms with van der Waals surface area (Å²) in [6.07, 6.45) is 6.07. The molecule has 3 heterocycles. The third-order valence-electron chi connectivity index (χ3n) is 5.19. The van der Waals surface area contributed by atoms with Gasteiger partial charge in [-0.25, -0.2) is 18.4 Å². The number of benzene rings is 1. The van der Waals surface area contributed by atoms with Gasteiger partial charge < -0.3 is 10.2 Å². The first kappa shape index (κ1) is 20.3. The summed E-state index contributed by atoms with van der Waals surface area (Å²) in [7, 11) is -3.53. The lowest BCUT2D eigenvalue weighted by atomic mass is 10.1. The third-order valence-corrected chi connectivity index (χ3v) is 6.59. The first-order chi connectivity index (χ1) is 14.5. The van der Waals surface area contributed by atoms with Crippen molar-refractivity contribution in [2.75, 3.05) is 24.5 Å². The van der Waals surface area contributed by atoms with Crippen LogP contribution >= 0.6 is 0 Å². The highest BCUT2D eigenvalue weighted by Crippen LogP contribution is 2.22. The van der Waals surface area contributed by atoms with Crippen molar-refractivity contribution in [1.82, 2.24) is 20.0 Å². The van der Waals surface area contributed by atoms with Crippen molar-refractivity contribution in [3.63, 3.8) is 0 Å². The molecule has 2 N–H and O–H groups in total. The zero-order valence-electron chi connectivity index (χ0n) is 16.5. The Morgan fingerprint density at radius 2 is 1.90 bits per heavy atom. The number of amidine groups is 1. The number of nitrogens with one attached hydrogen (secondary N) is 2. The Hall–Kier alpha value is -3.01. The summed E-state index contributed by atoms with van der Waals surface area (Å²) in [5, 5.41) is 3.08. The monoisotopic (exact) mass is 428 g/mol. The molecule has 0 atom stereocenters. The molecule has 158 valence electrons. The smallest absolute Gasteiger partial charge is 0.263 e. The van der Waals surface area contributed by atoms with Gasteiger partial charge in [0.1, 0.15) is 5.84 Å². The molecule has 1 saturated heterocycles. The number of nitrogens with zero attached hydrogens (tertiary/aromatic N) is 4. The largest absolute Gasteiger partial charge is 0.353 e. The maximum absolute atomic E-state index is 12.3. The van der Waals surface area contributed by atoms with Gasteiger partial charge in [-0.05, 0) is 37.5 Å². The fourth-order valence-corrected chi connectivity index (χ4v) is 4.91. The number of rotatable bonds is 6. The lowest BCUT2D eigenvalue weighted by Crippen LogP contribution is -2.45. The van der Waals surface area contributed by atoms with Gasteiger partial charge in [0.05, 0.1) is 4.90 Å². The molecule has 0 bridgehead atoms. The van der Waals surface area contributed by atoms with Crippen LogP contribution in [0, 0.1) is 0 Å².